The van der Waals surface area contributed by atoms with Gasteiger partial charge in [-0.3, -0.25) is 14.9 Å². The van der Waals surface area contributed by atoms with Crippen LogP contribution in [0.4, 0.5) is 33.7 Å². The second kappa shape index (κ2) is 15.9. The minimum atomic E-state index is -4.30. The van der Waals surface area contributed by atoms with E-state index in [9.17, 15) is 22.8 Å². The quantitative estimate of drug-likeness (QED) is 0.166. The smallest absolute Gasteiger partial charge is 0.367 e. The van der Waals surface area contributed by atoms with Crippen LogP contribution in [0.3, 0.4) is 0 Å². The fourth-order valence-electron chi connectivity index (χ4n) is 5.52. The summed E-state index contributed by atoms with van der Waals surface area (Å²) in [4.78, 5) is 27.5. The lowest BCUT2D eigenvalue weighted by molar-refractivity contribution is -0.126. The number of hydrogen-bond acceptors (Lipinski definition) is 13. The van der Waals surface area contributed by atoms with Crippen molar-refractivity contribution in [1.29, 1.82) is 0 Å². The Labute approximate surface area is 292 Å². The zero-order valence-electron chi connectivity index (χ0n) is 26.9. The molecule has 0 radical (unpaired) electrons. The van der Waals surface area contributed by atoms with Crippen LogP contribution in [0.2, 0.25) is 0 Å². The van der Waals surface area contributed by atoms with E-state index in [1.165, 1.54) is 35.9 Å². The third kappa shape index (κ3) is 9.27. The third-order valence-corrected chi connectivity index (χ3v) is 9.81. The molecule has 2 amide bonds. The van der Waals surface area contributed by atoms with Crippen LogP contribution in [0.15, 0.2) is 59.8 Å². The van der Waals surface area contributed by atoms with Gasteiger partial charge in [0.05, 0.1) is 12.2 Å². The number of rotatable bonds is 13. The summed E-state index contributed by atoms with van der Waals surface area (Å²) in [6.07, 6.45) is 1.62. The summed E-state index contributed by atoms with van der Waals surface area (Å²) >= 11 is 2.55. The highest BCUT2D eigenvalue weighted by molar-refractivity contribution is 7.19. The van der Waals surface area contributed by atoms with Crippen molar-refractivity contribution >= 4 is 55.0 Å². The Morgan fingerprint density at radius 3 is 2.42 bits per heavy atom. The second-order valence-electron chi connectivity index (χ2n) is 11.7. The van der Waals surface area contributed by atoms with Gasteiger partial charge in [0.15, 0.2) is 6.10 Å². The Morgan fingerprint density at radius 2 is 1.70 bits per heavy atom. The van der Waals surface area contributed by atoms with Crippen molar-refractivity contribution in [2.24, 2.45) is 0 Å². The first-order valence-corrected chi connectivity index (χ1v) is 17.5. The first-order valence-electron chi connectivity index (χ1n) is 15.8. The number of anilines is 4. The molecule has 1 atom stereocenters. The van der Waals surface area contributed by atoms with Gasteiger partial charge in [0, 0.05) is 50.9 Å². The summed E-state index contributed by atoms with van der Waals surface area (Å²) in [6, 6.07) is 9.37. The molecule has 1 saturated heterocycles. The van der Waals surface area contributed by atoms with E-state index in [0.29, 0.717) is 45.6 Å². The molecule has 0 unspecified atom stereocenters. The highest BCUT2D eigenvalue weighted by Crippen LogP contribution is 2.33. The van der Waals surface area contributed by atoms with Crippen LogP contribution in [0.25, 0.3) is 0 Å². The Balaban J connectivity index is 0.908. The van der Waals surface area contributed by atoms with Gasteiger partial charge in [0.2, 0.25) is 26.4 Å². The first kappa shape index (κ1) is 35.1. The summed E-state index contributed by atoms with van der Waals surface area (Å²) in [5.74, 6) is -0.568. The number of piperidine rings is 1. The fourth-order valence-corrected chi connectivity index (χ4v) is 7.06. The van der Waals surface area contributed by atoms with Gasteiger partial charge >= 0.3 is 6.18 Å². The third-order valence-electron chi connectivity index (χ3n) is 8.14. The molecule has 2 aliphatic rings. The van der Waals surface area contributed by atoms with Crippen molar-refractivity contribution < 1.29 is 27.5 Å². The maximum absolute atomic E-state index is 12.8. The number of allylic oxidation sites excluding steroid dienone is 4. The second-order valence-corrected chi connectivity index (χ2v) is 13.6. The van der Waals surface area contributed by atoms with Gasteiger partial charge in [-0.05, 0) is 36.8 Å². The van der Waals surface area contributed by atoms with Crippen molar-refractivity contribution in [2.75, 3.05) is 41.0 Å². The minimum absolute atomic E-state index is 0.0538. The molecule has 3 aromatic heterocycles. The van der Waals surface area contributed by atoms with Crippen molar-refractivity contribution in [2.45, 2.75) is 63.4 Å². The van der Waals surface area contributed by atoms with Gasteiger partial charge in [-0.25, -0.2) is 4.68 Å². The van der Waals surface area contributed by atoms with Crippen LogP contribution in [-0.4, -0.2) is 79.6 Å². The number of carbonyl (C=O) groups is 2. The Hall–Kier alpha value is -4.75. The molecule has 3 N–H and O–H groups in total. The lowest BCUT2D eigenvalue weighted by Gasteiger charge is -2.31. The molecule has 1 fully saturated rings. The molecule has 1 aliphatic heterocycles. The van der Waals surface area contributed by atoms with Gasteiger partial charge in [0.25, 0.3) is 5.91 Å². The summed E-state index contributed by atoms with van der Waals surface area (Å²) < 4.78 is 45.5. The lowest BCUT2D eigenvalue weighted by Crippen LogP contribution is -2.39. The SMILES string of the molecule is CO[C@@H](C(=O)Nc1nnc(NC2CCN(c3nnc(NC(=O)CCc4cn(CC5=CC=C(C(F)(F)F)CC5)nn4)s3)CC2)s1)c1ccccc1. The van der Waals surface area contributed by atoms with Crippen molar-refractivity contribution in [3.05, 3.63) is 71.1 Å². The van der Waals surface area contributed by atoms with Gasteiger partial charge in [-0.15, -0.1) is 25.5 Å². The molecule has 14 nitrogen and oxygen atoms in total. The van der Waals surface area contributed by atoms with Crippen LogP contribution in [-0.2, 0) is 27.3 Å². The minimum Gasteiger partial charge on any atom is -0.367 e. The molecular weight excluding hydrogens is 696 g/mol. The van der Waals surface area contributed by atoms with Crippen LogP contribution < -0.4 is 20.9 Å². The predicted octanol–water partition coefficient (Wildman–Crippen LogP) is 5.17. The maximum atomic E-state index is 12.8. The van der Waals surface area contributed by atoms with Crippen LogP contribution in [0, 0.1) is 0 Å². The highest BCUT2D eigenvalue weighted by Gasteiger charge is 2.33. The molecule has 0 bridgehead atoms. The standard InChI is InChI=1S/C31H34F3N11O3S2/c1-48-25(20-5-3-2-4-6-20)26(47)37-29-40-39-27(49-29)35-22-13-15-44(16-14-22)30-42-41-28(50-30)36-24(46)12-11-23-18-45(43-38-23)17-19-7-9-21(10-8-19)31(32,33)34/h2-7,9,18,22,25H,8,10-17H2,1H3,(H,35,39)(H,36,41,46)(H,37,40,47)/t25-/m1/s1. The molecular formula is C31H34F3N11O3S2. The average Bonchev–Trinajstić information content (AvgIpc) is 3.87. The summed E-state index contributed by atoms with van der Waals surface area (Å²) in [6.45, 7) is 1.79. The van der Waals surface area contributed by atoms with Crippen LogP contribution in [0.1, 0.15) is 49.5 Å². The molecule has 6 rings (SSSR count). The zero-order chi connectivity index (χ0) is 35.1. The molecule has 19 heteroatoms. The number of methoxy groups -OCH3 is 1. The van der Waals surface area contributed by atoms with E-state index in [1.807, 2.05) is 30.3 Å². The average molecular weight is 730 g/mol. The number of nitrogens with one attached hydrogen (secondary N) is 3. The first-order chi connectivity index (χ1) is 24.1. The number of aryl methyl sites for hydroxylation is 1. The number of ether oxygens (including phenoxy) is 1. The molecule has 50 heavy (non-hydrogen) atoms. The summed E-state index contributed by atoms with van der Waals surface area (Å²) in [5.41, 5.74) is 1.65. The number of halogens is 3. The Kier molecular flexibility index (Phi) is 11.1. The van der Waals surface area contributed by atoms with Crippen molar-refractivity contribution in [3.63, 3.8) is 0 Å². The molecule has 4 heterocycles. The summed E-state index contributed by atoms with van der Waals surface area (Å²) in [7, 11) is 1.48. The highest BCUT2D eigenvalue weighted by atomic mass is 32.1. The maximum Gasteiger partial charge on any atom is 0.412 e. The van der Waals surface area contributed by atoms with Crippen molar-refractivity contribution in [1.82, 2.24) is 35.4 Å². The topological polar surface area (TPSA) is 165 Å². The number of nitrogens with zero attached hydrogens (tertiary/aromatic N) is 8. The van der Waals surface area contributed by atoms with E-state index in [2.05, 4.69) is 51.6 Å². The molecule has 1 aliphatic carbocycles. The van der Waals surface area contributed by atoms with E-state index in [0.717, 1.165) is 43.1 Å². The number of benzene rings is 1. The molecule has 4 aromatic rings. The lowest BCUT2D eigenvalue weighted by atomic mass is 9.98. The van der Waals surface area contributed by atoms with E-state index < -0.39 is 17.9 Å². The van der Waals surface area contributed by atoms with E-state index in [4.69, 9.17) is 4.74 Å². The monoisotopic (exact) mass is 729 g/mol. The van der Waals surface area contributed by atoms with Gasteiger partial charge in [-0.1, -0.05) is 70.4 Å². The van der Waals surface area contributed by atoms with Gasteiger partial charge in [0.1, 0.15) is 0 Å². The van der Waals surface area contributed by atoms with Crippen LogP contribution >= 0.6 is 22.7 Å². The summed E-state index contributed by atoms with van der Waals surface area (Å²) in [5, 5.41) is 35.9. The fraction of sp³-hybridized carbons (Fsp3) is 0.419. The van der Waals surface area contributed by atoms with E-state index in [1.54, 1.807) is 10.9 Å². The number of hydrogen-bond donors (Lipinski definition) is 3. The molecule has 264 valence electrons. The molecule has 0 saturated carbocycles. The number of aromatic nitrogens is 7. The zero-order valence-corrected chi connectivity index (χ0v) is 28.5. The predicted molar refractivity (Wildman–Crippen MR) is 182 cm³/mol. The number of alkyl halides is 3. The molecule has 1 aromatic carbocycles. The normalized spacial score (nSPS) is 16.0. The van der Waals surface area contributed by atoms with E-state index in [-0.39, 0.29) is 30.7 Å². The van der Waals surface area contributed by atoms with Gasteiger partial charge in [-0.2, -0.15) is 13.2 Å². The Bertz CT molecular complexity index is 1830. The largest absolute Gasteiger partial charge is 0.412 e. The number of amides is 2. The molecule has 0 spiro atoms. The van der Waals surface area contributed by atoms with Crippen molar-refractivity contribution in [3.8, 4) is 0 Å². The number of carbonyl (C=O) groups excluding carboxylic acids is 2. The Morgan fingerprint density at radius 1 is 0.960 bits per heavy atom. The van der Waals surface area contributed by atoms with Crippen LogP contribution in [0.5, 0.6) is 0 Å². The van der Waals surface area contributed by atoms with Gasteiger partial charge < -0.3 is 20.3 Å². The van der Waals surface area contributed by atoms with E-state index >= 15 is 0 Å².